The van der Waals surface area contributed by atoms with Crippen molar-refractivity contribution < 1.29 is 22.9 Å². The number of alkyl halides is 3. The molecule has 1 heterocycles. The molecule has 1 N–H and O–H groups in total. The molecule has 0 aliphatic rings. The lowest BCUT2D eigenvalue weighted by molar-refractivity contribution is -0.384. The maximum Gasteiger partial charge on any atom is 0.451 e. The zero-order chi connectivity index (χ0) is 19.6. The molecule has 1 aromatic heterocycles. The highest BCUT2D eigenvalue weighted by Gasteiger charge is 2.37. The molecule has 2 rings (SSSR count). The Bertz CT molecular complexity index is 921. The number of nitro groups is 1. The summed E-state index contributed by atoms with van der Waals surface area (Å²) in [7, 11) is 0.927. The van der Waals surface area contributed by atoms with Gasteiger partial charge >= 0.3 is 11.9 Å². The van der Waals surface area contributed by atoms with E-state index >= 15 is 0 Å². The van der Waals surface area contributed by atoms with Crippen molar-refractivity contribution >= 4 is 23.2 Å². The predicted octanol–water partition coefficient (Wildman–Crippen LogP) is 1.59. The third-order valence-electron chi connectivity index (χ3n) is 3.31. The minimum atomic E-state index is -4.79. The molecule has 0 saturated carbocycles. The van der Waals surface area contributed by atoms with E-state index in [0.29, 0.717) is 9.25 Å². The number of benzene rings is 1. The zero-order valence-electron chi connectivity index (χ0n) is 13.1. The second kappa shape index (κ2) is 7.15. The van der Waals surface area contributed by atoms with Crippen LogP contribution in [0.25, 0.3) is 0 Å². The van der Waals surface area contributed by atoms with Gasteiger partial charge in [0.25, 0.3) is 11.6 Å². The predicted molar refractivity (Wildman–Crippen MR) is 82.9 cm³/mol. The van der Waals surface area contributed by atoms with Gasteiger partial charge in [-0.25, -0.2) is 9.48 Å². The lowest BCUT2D eigenvalue weighted by Crippen LogP contribution is -2.32. The maximum atomic E-state index is 12.7. The molecule has 0 bridgehead atoms. The van der Waals surface area contributed by atoms with E-state index in [4.69, 9.17) is 11.6 Å². The first-order chi connectivity index (χ1) is 12.0. The van der Waals surface area contributed by atoms with E-state index in [9.17, 15) is 32.9 Å². The highest BCUT2D eigenvalue weighted by molar-refractivity contribution is 6.33. The number of rotatable bonds is 5. The highest BCUT2D eigenvalue weighted by atomic mass is 35.5. The highest BCUT2D eigenvalue weighted by Crippen LogP contribution is 2.26. The number of hydrogen-bond donors (Lipinski definition) is 1. The van der Waals surface area contributed by atoms with Gasteiger partial charge in [-0.2, -0.15) is 13.2 Å². The van der Waals surface area contributed by atoms with E-state index in [1.54, 1.807) is 0 Å². The molecule has 0 aliphatic carbocycles. The molecule has 0 spiro atoms. The maximum absolute atomic E-state index is 12.7. The first-order valence-corrected chi connectivity index (χ1v) is 7.33. The molecule has 0 radical (unpaired) electrons. The van der Waals surface area contributed by atoms with Crippen LogP contribution in [0.4, 0.5) is 18.9 Å². The summed E-state index contributed by atoms with van der Waals surface area (Å²) in [5.74, 6) is -2.14. The standard InChI is InChI=1S/C13H11ClF3N5O4/c1-20-11(13(15,16)17)19-21(12(20)24)5-4-18-10(23)8-6-7(22(25)26)2-3-9(8)14/h2-3,6H,4-5H2,1H3,(H,18,23). The van der Waals surface area contributed by atoms with Gasteiger partial charge in [0.1, 0.15) is 0 Å². The second-order valence-corrected chi connectivity index (χ2v) is 5.47. The summed E-state index contributed by atoms with van der Waals surface area (Å²) in [4.78, 5) is 33.8. The molecular weight excluding hydrogens is 383 g/mol. The van der Waals surface area contributed by atoms with Gasteiger partial charge in [0.05, 0.1) is 22.1 Å². The number of nitrogens with zero attached hydrogens (tertiary/aromatic N) is 4. The summed E-state index contributed by atoms with van der Waals surface area (Å²) in [6.07, 6.45) is -4.79. The van der Waals surface area contributed by atoms with Gasteiger partial charge in [-0.1, -0.05) is 11.6 Å². The van der Waals surface area contributed by atoms with Crippen molar-refractivity contribution in [2.45, 2.75) is 12.7 Å². The van der Waals surface area contributed by atoms with E-state index in [1.165, 1.54) is 6.07 Å². The minimum absolute atomic E-state index is 0.0394. The van der Waals surface area contributed by atoms with Gasteiger partial charge in [-0.3, -0.25) is 19.5 Å². The second-order valence-electron chi connectivity index (χ2n) is 5.06. The number of aromatic nitrogens is 3. The fraction of sp³-hybridized carbons (Fsp3) is 0.308. The van der Waals surface area contributed by atoms with E-state index in [0.717, 1.165) is 19.2 Å². The molecule has 2 aromatic rings. The third-order valence-corrected chi connectivity index (χ3v) is 3.64. The Morgan fingerprint density at radius 2 is 2.08 bits per heavy atom. The first kappa shape index (κ1) is 19.4. The SMILES string of the molecule is Cn1c(C(F)(F)F)nn(CCNC(=O)c2cc([N+](=O)[O-])ccc2Cl)c1=O. The first-order valence-electron chi connectivity index (χ1n) is 6.95. The molecule has 1 amide bonds. The van der Waals surface area contributed by atoms with Gasteiger partial charge in [-0.15, -0.1) is 5.10 Å². The van der Waals surface area contributed by atoms with Crippen LogP contribution in [0.2, 0.25) is 5.02 Å². The summed E-state index contributed by atoms with van der Waals surface area (Å²) in [5, 5.41) is 16.2. The van der Waals surface area contributed by atoms with Crippen LogP contribution >= 0.6 is 11.6 Å². The number of nitrogens with one attached hydrogen (secondary N) is 1. The van der Waals surface area contributed by atoms with Gasteiger partial charge in [-0.05, 0) is 6.07 Å². The van der Waals surface area contributed by atoms with Gasteiger partial charge in [0, 0.05) is 25.7 Å². The number of halogens is 4. The Kier molecular flexibility index (Phi) is 5.35. The summed E-state index contributed by atoms with van der Waals surface area (Å²) in [6, 6.07) is 3.26. The van der Waals surface area contributed by atoms with Crippen LogP contribution in [-0.4, -0.2) is 31.7 Å². The number of non-ortho nitro benzene ring substituents is 1. The molecule has 0 unspecified atom stereocenters. The van der Waals surface area contributed by atoms with Crippen molar-refractivity contribution in [3.63, 3.8) is 0 Å². The van der Waals surface area contributed by atoms with E-state index in [-0.39, 0.29) is 29.4 Å². The average Bonchev–Trinajstić information content (AvgIpc) is 2.83. The van der Waals surface area contributed by atoms with Gasteiger partial charge in [0.2, 0.25) is 5.82 Å². The largest absolute Gasteiger partial charge is 0.451 e. The number of nitro benzene ring substituents is 1. The Balaban J connectivity index is 2.09. The van der Waals surface area contributed by atoms with Crippen LogP contribution in [0, 0.1) is 10.1 Å². The molecule has 140 valence electrons. The fourth-order valence-electron chi connectivity index (χ4n) is 2.05. The number of carbonyl (C=O) groups excluding carboxylic acids is 1. The quantitative estimate of drug-likeness (QED) is 0.612. The normalized spacial score (nSPS) is 11.4. The zero-order valence-corrected chi connectivity index (χ0v) is 13.8. The summed E-state index contributed by atoms with van der Waals surface area (Å²) >= 11 is 5.81. The minimum Gasteiger partial charge on any atom is -0.350 e. The van der Waals surface area contributed by atoms with Crippen LogP contribution in [0.1, 0.15) is 16.2 Å². The number of amides is 1. The smallest absolute Gasteiger partial charge is 0.350 e. The molecule has 13 heteroatoms. The lowest BCUT2D eigenvalue weighted by atomic mass is 10.2. The summed E-state index contributed by atoms with van der Waals surface area (Å²) in [6.45, 7) is -0.576. The van der Waals surface area contributed by atoms with Crippen molar-refractivity contribution in [1.29, 1.82) is 0 Å². The van der Waals surface area contributed by atoms with Crippen molar-refractivity contribution in [3.05, 3.63) is 55.2 Å². The van der Waals surface area contributed by atoms with Gasteiger partial charge < -0.3 is 5.32 Å². The van der Waals surface area contributed by atoms with Crippen LogP contribution in [0.15, 0.2) is 23.0 Å². The van der Waals surface area contributed by atoms with Crippen molar-refractivity contribution in [3.8, 4) is 0 Å². The van der Waals surface area contributed by atoms with Crippen LogP contribution in [0.5, 0.6) is 0 Å². The molecule has 0 aliphatic heterocycles. The fourth-order valence-corrected chi connectivity index (χ4v) is 2.26. The van der Waals surface area contributed by atoms with E-state index in [1.807, 2.05) is 0 Å². The van der Waals surface area contributed by atoms with E-state index < -0.39 is 28.5 Å². The van der Waals surface area contributed by atoms with Crippen molar-refractivity contribution in [1.82, 2.24) is 19.7 Å². The van der Waals surface area contributed by atoms with E-state index in [2.05, 4.69) is 10.4 Å². The topological polar surface area (TPSA) is 112 Å². The Morgan fingerprint density at radius 1 is 1.42 bits per heavy atom. The van der Waals surface area contributed by atoms with Crippen LogP contribution in [-0.2, 0) is 19.8 Å². The molecule has 0 atom stereocenters. The van der Waals surface area contributed by atoms with Crippen LogP contribution in [0.3, 0.4) is 0 Å². The molecule has 9 nitrogen and oxygen atoms in total. The van der Waals surface area contributed by atoms with Gasteiger partial charge in [0.15, 0.2) is 0 Å². The third kappa shape index (κ3) is 4.02. The number of hydrogen-bond acceptors (Lipinski definition) is 5. The van der Waals surface area contributed by atoms with Crippen molar-refractivity contribution in [2.75, 3.05) is 6.54 Å². The Morgan fingerprint density at radius 3 is 2.62 bits per heavy atom. The summed E-state index contributed by atoms with van der Waals surface area (Å²) < 4.78 is 39.0. The monoisotopic (exact) mass is 393 g/mol. The average molecular weight is 394 g/mol. The molecular formula is C13H11ClF3N5O4. The van der Waals surface area contributed by atoms with Crippen molar-refractivity contribution in [2.24, 2.45) is 7.05 Å². The van der Waals surface area contributed by atoms with Crippen LogP contribution < -0.4 is 11.0 Å². The Hall–Kier alpha value is -2.89. The lowest BCUT2D eigenvalue weighted by Gasteiger charge is -2.06. The molecule has 1 aromatic carbocycles. The molecule has 0 fully saturated rings. The molecule has 0 saturated heterocycles. The number of carbonyl (C=O) groups is 1. The Labute approximate surface area is 148 Å². The molecule has 26 heavy (non-hydrogen) atoms. The summed E-state index contributed by atoms with van der Waals surface area (Å²) in [5.41, 5.74) is -1.53.